The SMILES string of the molecule is NCC1(CC(=O)NC2(C(F)(F)F)CC2)CCCCC1. The van der Waals surface area contributed by atoms with Crippen molar-refractivity contribution in [2.24, 2.45) is 11.1 Å². The van der Waals surface area contributed by atoms with Gasteiger partial charge in [0.2, 0.25) is 5.91 Å². The van der Waals surface area contributed by atoms with E-state index in [9.17, 15) is 18.0 Å². The van der Waals surface area contributed by atoms with Crippen LogP contribution < -0.4 is 11.1 Å². The molecule has 0 radical (unpaired) electrons. The van der Waals surface area contributed by atoms with Crippen LogP contribution in [0, 0.1) is 5.41 Å². The molecule has 0 saturated heterocycles. The molecule has 2 fully saturated rings. The lowest BCUT2D eigenvalue weighted by Crippen LogP contribution is -2.49. The number of nitrogens with one attached hydrogen (secondary N) is 1. The maximum Gasteiger partial charge on any atom is 0.411 e. The molecule has 0 unspecified atom stereocenters. The van der Waals surface area contributed by atoms with E-state index in [1.165, 1.54) is 0 Å². The van der Waals surface area contributed by atoms with Crippen molar-refractivity contribution in [2.75, 3.05) is 6.54 Å². The molecule has 0 aliphatic heterocycles. The molecule has 0 atom stereocenters. The third-order valence-corrected chi connectivity index (χ3v) is 4.55. The molecule has 0 heterocycles. The average molecular weight is 278 g/mol. The number of carbonyl (C=O) groups excluding carboxylic acids is 1. The van der Waals surface area contributed by atoms with Crippen LogP contribution in [0.3, 0.4) is 0 Å². The van der Waals surface area contributed by atoms with Crippen molar-refractivity contribution in [3.63, 3.8) is 0 Å². The highest BCUT2D eigenvalue weighted by molar-refractivity contribution is 5.78. The van der Waals surface area contributed by atoms with E-state index >= 15 is 0 Å². The standard InChI is InChI=1S/C13H21F3N2O/c14-13(15,16)12(6-7-12)18-10(19)8-11(9-17)4-2-1-3-5-11/h1-9,17H2,(H,18,19). The Morgan fingerprint density at radius 1 is 1.11 bits per heavy atom. The third-order valence-electron chi connectivity index (χ3n) is 4.55. The van der Waals surface area contributed by atoms with E-state index in [2.05, 4.69) is 5.32 Å². The van der Waals surface area contributed by atoms with Gasteiger partial charge in [-0.05, 0) is 37.6 Å². The molecule has 110 valence electrons. The average Bonchev–Trinajstić information content (AvgIpc) is 3.10. The molecule has 2 aliphatic rings. The van der Waals surface area contributed by atoms with Crippen LogP contribution in [0.15, 0.2) is 0 Å². The molecule has 2 saturated carbocycles. The quantitative estimate of drug-likeness (QED) is 0.830. The summed E-state index contributed by atoms with van der Waals surface area (Å²) in [7, 11) is 0. The number of carbonyl (C=O) groups is 1. The Morgan fingerprint density at radius 2 is 1.68 bits per heavy atom. The number of alkyl halides is 3. The monoisotopic (exact) mass is 278 g/mol. The molecule has 0 aromatic heterocycles. The minimum atomic E-state index is -4.34. The Kier molecular flexibility index (Phi) is 3.82. The lowest BCUT2D eigenvalue weighted by Gasteiger charge is -2.36. The van der Waals surface area contributed by atoms with Gasteiger partial charge >= 0.3 is 6.18 Å². The maximum atomic E-state index is 12.8. The number of amides is 1. The molecule has 19 heavy (non-hydrogen) atoms. The van der Waals surface area contributed by atoms with Crippen LogP contribution >= 0.6 is 0 Å². The number of hydrogen-bond donors (Lipinski definition) is 2. The van der Waals surface area contributed by atoms with Crippen LogP contribution in [-0.4, -0.2) is 24.2 Å². The topological polar surface area (TPSA) is 55.1 Å². The van der Waals surface area contributed by atoms with Crippen LogP contribution in [-0.2, 0) is 4.79 Å². The summed E-state index contributed by atoms with van der Waals surface area (Å²) < 4.78 is 38.3. The van der Waals surface area contributed by atoms with Gasteiger partial charge in [-0.3, -0.25) is 4.79 Å². The summed E-state index contributed by atoms with van der Waals surface area (Å²) in [6.07, 6.45) is 0.605. The van der Waals surface area contributed by atoms with E-state index in [0.29, 0.717) is 6.54 Å². The molecular formula is C13H21F3N2O. The summed E-state index contributed by atoms with van der Waals surface area (Å²) in [6, 6.07) is 0. The van der Waals surface area contributed by atoms with E-state index in [1.807, 2.05) is 0 Å². The summed E-state index contributed by atoms with van der Waals surface area (Å²) in [4.78, 5) is 11.9. The van der Waals surface area contributed by atoms with Gasteiger partial charge in [0.05, 0.1) is 0 Å². The molecule has 0 aromatic rings. The highest BCUT2D eigenvalue weighted by Crippen LogP contribution is 2.49. The van der Waals surface area contributed by atoms with Crippen LogP contribution in [0.2, 0.25) is 0 Å². The Labute approximate surface area is 111 Å². The first-order valence-corrected chi connectivity index (χ1v) is 6.90. The zero-order valence-corrected chi connectivity index (χ0v) is 11.0. The van der Waals surface area contributed by atoms with Crippen LogP contribution in [0.25, 0.3) is 0 Å². The largest absolute Gasteiger partial charge is 0.411 e. The van der Waals surface area contributed by atoms with Crippen molar-refractivity contribution in [2.45, 2.75) is 63.1 Å². The highest BCUT2D eigenvalue weighted by Gasteiger charge is 2.64. The second-order valence-corrected chi connectivity index (χ2v) is 6.07. The molecule has 1 amide bonds. The first kappa shape index (κ1) is 14.6. The summed E-state index contributed by atoms with van der Waals surface area (Å²) in [6.45, 7) is 0.374. The molecule has 0 spiro atoms. The van der Waals surface area contributed by atoms with Crippen molar-refractivity contribution >= 4 is 5.91 Å². The van der Waals surface area contributed by atoms with Crippen LogP contribution in [0.4, 0.5) is 13.2 Å². The minimum Gasteiger partial charge on any atom is -0.342 e. The van der Waals surface area contributed by atoms with Gasteiger partial charge in [0.25, 0.3) is 0 Å². The predicted molar refractivity (Wildman–Crippen MR) is 65.4 cm³/mol. The van der Waals surface area contributed by atoms with Gasteiger partial charge in [-0.1, -0.05) is 19.3 Å². The van der Waals surface area contributed by atoms with Crippen molar-refractivity contribution in [3.05, 3.63) is 0 Å². The number of halogens is 3. The summed E-state index contributed by atoms with van der Waals surface area (Å²) in [5.74, 6) is -0.498. The van der Waals surface area contributed by atoms with Gasteiger partial charge < -0.3 is 11.1 Å². The maximum absolute atomic E-state index is 12.8. The van der Waals surface area contributed by atoms with E-state index in [-0.39, 0.29) is 24.7 Å². The van der Waals surface area contributed by atoms with Gasteiger partial charge in [0.1, 0.15) is 5.54 Å². The van der Waals surface area contributed by atoms with Crippen molar-refractivity contribution in [1.29, 1.82) is 0 Å². The summed E-state index contributed by atoms with van der Waals surface area (Å²) in [5, 5.41) is 2.19. The second kappa shape index (κ2) is 4.96. The molecule has 3 nitrogen and oxygen atoms in total. The number of hydrogen-bond acceptors (Lipinski definition) is 2. The molecule has 6 heteroatoms. The smallest absolute Gasteiger partial charge is 0.342 e. The van der Waals surface area contributed by atoms with Gasteiger partial charge in [-0.2, -0.15) is 13.2 Å². The Balaban J connectivity index is 1.94. The van der Waals surface area contributed by atoms with Crippen molar-refractivity contribution in [1.82, 2.24) is 5.32 Å². The van der Waals surface area contributed by atoms with E-state index in [4.69, 9.17) is 5.73 Å². The molecule has 0 bridgehead atoms. The normalized spacial score (nSPS) is 24.8. The molecular weight excluding hydrogens is 257 g/mol. The lowest BCUT2D eigenvalue weighted by atomic mass is 9.71. The fraction of sp³-hybridized carbons (Fsp3) is 0.923. The van der Waals surface area contributed by atoms with Crippen LogP contribution in [0.5, 0.6) is 0 Å². The van der Waals surface area contributed by atoms with E-state index in [1.54, 1.807) is 0 Å². The zero-order chi connectivity index (χ0) is 14.1. The molecule has 2 aliphatic carbocycles. The fourth-order valence-corrected chi connectivity index (χ4v) is 3.01. The minimum absolute atomic E-state index is 0.00212. The van der Waals surface area contributed by atoms with Crippen molar-refractivity contribution in [3.8, 4) is 0 Å². The molecule has 0 aromatic carbocycles. The molecule has 3 N–H and O–H groups in total. The summed E-state index contributed by atoms with van der Waals surface area (Å²) in [5.41, 5.74) is 3.51. The first-order valence-electron chi connectivity index (χ1n) is 6.90. The first-order chi connectivity index (χ1) is 8.83. The Bertz CT molecular complexity index is 344. The van der Waals surface area contributed by atoms with Gasteiger partial charge in [0, 0.05) is 6.42 Å². The highest BCUT2D eigenvalue weighted by atomic mass is 19.4. The number of nitrogens with two attached hydrogens (primary N) is 1. The van der Waals surface area contributed by atoms with E-state index < -0.39 is 17.6 Å². The van der Waals surface area contributed by atoms with Gasteiger partial charge in [-0.25, -0.2) is 0 Å². The summed E-state index contributed by atoms with van der Waals surface area (Å²) >= 11 is 0. The third kappa shape index (κ3) is 3.04. The number of rotatable bonds is 4. The lowest BCUT2D eigenvalue weighted by molar-refractivity contribution is -0.171. The van der Waals surface area contributed by atoms with Gasteiger partial charge in [-0.15, -0.1) is 0 Å². The fourth-order valence-electron chi connectivity index (χ4n) is 3.01. The Morgan fingerprint density at radius 3 is 2.11 bits per heavy atom. The zero-order valence-electron chi connectivity index (χ0n) is 11.0. The van der Waals surface area contributed by atoms with Crippen LogP contribution in [0.1, 0.15) is 51.4 Å². The second-order valence-electron chi connectivity index (χ2n) is 6.07. The Hall–Kier alpha value is -0.780. The predicted octanol–water partition coefficient (Wildman–Crippen LogP) is 2.50. The van der Waals surface area contributed by atoms with Crippen molar-refractivity contribution < 1.29 is 18.0 Å². The molecule has 2 rings (SSSR count). The van der Waals surface area contributed by atoms with E-state index in [0.717, 1.165) is 32.1 Å². The van der Waals surface area contributed by atoms with Gasteiger partial charge in [0.15, 0.2) is 0 Å².